The summed E-state index contributed by atoms with van der Waals surface area (Å²) < 4.78 is 0. The second-order valence-corrected chi connectivity index (χ2v) is 3.84. The molecule has 1 aliphatic heterocycles. The van der Waals surface area contributed by atoms with Crippen LogP contribution < -0.4 is 0 Å². The van der Waals surface area contributed by atoms with Gasteiger partial charge in [-0.05, 0) is 43.6 Å². The number of hydrogen-bond donors (Lipinski definition) is 1. The number of rotatable bonds is 3. The van der Waals surface area contributed by atoms with Crippen LogP contribution in [-0.2, 0) is 6.54 Å². The van der Waals surface area contributed by atoms with Gasteiger partial charge in [0.05, 0.1) is 0 Å². The van der Waals surface area contributed by atoms with Gasteiger partial charge in [-0.2, -0.15) is 0 Å². The van der Waals surface area contributed by atoms with Crippen LogP contribution in [0.5, 0.6) is 0 Å². The van der Waals surface area contributed by atoms with Crippen molar-refractivity contribution in [3.8, 4) is 0 Å². The Kier molecular flexibility index (Phi) is 2.97. The Morgan fingerprint density at radius 3 is 2.87 bits per heavy atom. The molecule has 1 N–H and O–H groups in total. The number of carboxylic acid groups (broad SMARTS) is 1. The second-order valence-electron chi connectivity index (χ2n) is 3.84. The summed E-state index contributed by atoms with van der Waals surface area (Å²) in [6.07, 6.45) is 4.06. The highest BCUT2D eigenvalue weighted by molar-refractivity contribution is 5.85. The molecule has 0 radical (unpaired) electrons. The third kappa shape index (κ3) is 2.53. The SMILES string of the molecule is O=C(O)c1cc(CN2CCCC2)ccn1. The Bertz CT molecular complexity index is 359. The maximum absolute atomic E-state index is 10.7. The minimum Gasteiger partial charge on any atom is -0.477 e. The average molecular weight is 206 g/mol. The van der Waals surface area contributed by atoms with Gasteiger partial charge in [0.2, 0.25) is 0 Å². The second kappa shape index (κ2) is 4.40. The molecule has 80 valence electrons. The number of aromatic carboxylic acids is 1. The molecule has 0 amide bonds. The molecule has 15 heavy (non-hydrogen) atoms. The van der Waals surface area contributed by atoms with Crippen LogP contribution in [0, 0.1) is 0 Å². The lowest BCUT2D eigenvalue weighted by Crippen LogP contribution is -2.18. The molecule has 4 nitrogen and oxygen atoms in total. The van der Waals surface area contributed by atoms with E-state index in [0.717, 1.165) is 25.2 Å². The van der Waals surface area contributed by atoms with Gasteiger partial charge in [-0.15, -0.1) is 0 Å². The largest absolute Gasteiger partial charge is 0.477 e. The van der Waals surface area contributed by atoms with E-state index in [4.69, 9.17) is 5.11 Å². The number of carbonyl (C=O) groups is 1. The molecule has 0 bridgehead atoms. The van der Waals surface area contributed by atoms with Gasteiger partial charge >= 0.3 is 5.97 Å². The first kappa shape index (κ1) is 10.1. The van der Waals surface area contributed by atoms with Crippen LogP contribution in [-0.4, -0.2) is 34.0 Å². The Morgan fingerprint density at radius 1 is 1.47 bits per heavy atom. The van der Waals surface area contributed by atoms with Crippen molar-refractivity contribution >= 4 is 5.97 Å². The number of pyridine rings is 1. The van der Waals surface area contributed by atoms with E-state index in [-0.39, 0.29) is 5.69 Å². The Hall–Kier alpha value is -1.42. The van der Waals surface area contributed by atoms with E-state index in [1.807, 2.05) is 6.07 Å². The highest BCUT2D eigenvalue weighted by Crippen LogP contribution is 2.12. The molecule has 0 unspecified atom stereocenters. The van der Waals surface area contributed by atoms with Gasteiger partial charge in [0, 0.05) is 12.7 Å². The first-order valence-electron chi connectivity index (χ1n) is 5.16. The van der Waals surface area contributed by atoms with E-state index in [1.54, 1.807) is 12.3 Å². The molecule has 1 saturated heterocycles. The van der Waals surface area contributed by atoms with Gasteiger partial charge in [-0.1, -0.05) is 0 Å². The van der Waals surface area contributed by atoms with Crippen LogP contribution in [0.25, 0.3) is 0 Å². The van der Waals surface area contributed by atoms with E-state index in [9.17, 15) is 4.79 Å². The van der Waals surface area contributed by atoms with Gasteiger partial charge in [-0.3, -0.25) is 4.90 Å². The van der Waals surface area contributed by atoms with Crippen LogP contribution in [0.4, 0.5) is 0 Å². The number of aromatic nitrogens is 1. The molecule has 0 atom stereocenters. The van der Waals surface area contributed by atoms with E-state index in [0.29, 0.717) is 0 Å². The summed E-state index contributed by atoms with van der Waals surface area (Å²) in [5, 5.41) is 8.79. The van der Waals surface area contributed by atoms with Crippen molar-refractivity contribution in [2.24, 2.45) is 0 Å². The van der Waals surface area contributed by atoms with E-state index >= 15 is 0 Å². The predicted octanol–water partition coefficient (Wildman–Crippen LogP) is 1.38. The summed E-state index contributed by atoms with van der Waals surface area (Å²) in [5.41, 5.74) is 1.16. The lowest BCUT2D eigenvalue weighted by Gasteiger charge is -2.14. The quantitative estimate of drug-likeness (QED) is 0.811. The van der Waals surface area contributed by atoms with Gasteiger partial charge in [0.25, 0.3) is 0 Å². The Morgan fingerprint density at radius 2 is 2.20 bits per heavy atom. The molecule has 0 aliphatic carbocycles. The minimum atomic E-state index is -0.960. The molecule has 0 aromatic carbocycles. The predicted molar refractivity (Wildman–Crippen MR) is 55.7 cm³/mol. The van der Waals surface area contributed by atoms with Gasteiger partial charge in [0.15, 0.2) is 0 Å². The molecule has 2 heterocycles. The van der Waals surface area contributed by atoms with Crippen LogP contribution in [0.2, 0.25) is 0 Å². The Labute approximate surface area is 88.6 Å². The summed E-state index contributed by atoms with van der Waals surface area (Å²) in [5.74, 6) is -0.960. The molecule has 1 fully saturated rings. The van der Waals surface area contributed by atoms with E-state index < -0.39 is 5.97 Å². The third-order valence-electron chi connectivity index (χ3n) is 2.65. The zero-order valence-corrected chi connectivity index (χ0v) is 8.52. The fourth-order valence-electron chi connectivity index (χ4n) is 1.89. The summed E-state index contributed by atoms with van der Waals surface area (Å²) in [6, 6.07) is 3.53. The molecular formula is C11H14N2O2. The number of hydrogen-bond acceptors (Lipinski definition) is 3. The monoisotopic (exact) mass is 206 g/mol. The highest BCUT2D eigenvalue weighted by atomic mass is 16.4. The molecule has 2 rings (SSSR count). The first-order chi connectivity index (χ1) is 7.25. The van der Waals surface area contributed by atoms with Gasteiger partial charge < -0.3 is 5.11 Å². The molecular weight excluding hydrogens is 192 g/mol. The van der Waals surface area contributed by atoms with Crippen LogP contribution in [0.1, 0.15) is 28.9 Å². The summed E-state index contributed by atoms with van der Waals surface area (Å²) in [7, 11) is 0. The lowest BCUT2D eigenvalue weighted by atomic mass is 10.2. The average Bonchev–Trinajstić information content (AvgIpc) is 2.71. The number of nitrogens with zero attached hydrogens (tertiary/aromatic N) is 2. The number of likely N-dealkylation sites (tertiary alicyclic amines) is 1. The smallest absolute Gasteiger partial charge is 0.354 e. The van der Waals surface area contributed by atoms with E-state index in [1.165, 1.54) is 12.8 Å². The van der Waals surface area contributed by atoms with E-state index in [2.05, 4.69) is 9.88 Å². The first-order valence-corrected chi connectivity index (χ1v) is 5.16. The van der Waals surface area contributed by atoms with Crippen molar-refractivity contribution in [2.45, 2.75) is 19.4 Å². The van der Waals surface area contributed by atoms with Crippen molar-refractivity contribution in [2.75, 3.05) is 13.1 Å². The third-order valence-corrected chi connectivity index (χ3v) is 2.65. The van der Waals surface area contributed by atoms with Gasteiger partial charge in [0.1, 0.15) is 5.69 Å². The van der Waals surface area contributed by atoms with Crippen molar-refractivity contribution in [1.82, 2.24) is 9.88 Å². The number of carboxylic acids is 1. The molecule has 1 aliphatic rings. The van der Waals surface area contributed by atoms with Crippen LogP contribution >= 0.6 is 0 Å². The zero-order valence-electron chi connectivity index (χ0n) is 8.52. The maximum atomic E-state index is 10.7. The molecule has 0 spiro atoms. The van der Waals surface area contributed by atoms with Crippen molar-refractivity contribution in [1.29, 1.82) is 0 Å². The normalized spacial score (nSPS) is 16.8. The summed E-state index contributed by atoms with van der Waals surface area (Å²) >= 11 is 0. The lowest BCUT2D eigenvalue weighted by molar-refractivity contribution is 0.0690. The van der Waals surface area contributed by atoms with Crippen molar-refractivity contribution < 1.29 is 9.90 Å². The fraction of sp³-hybridized carbons (Fsp3) is 0.455. The van der Waals surface area contributed by atoms with Crippen molar-refractivity contribution in [3.05, 3.63) is 29.6 Å². The molecule has 1 aromatic rings. The molecule has 4 heteroatoms. The van der Waals surface area contributed by atoms with Crippen LogP contribution in [0.3, 0.4) is 0 Å². The zero-order chi connectivity index (χ0) is 10.7. The summed E-state index contributed by atoms with van der Waals surface area (Å²) in [4.78, 5) is 16.8. The molecule has 0 saturated carbocycles. The topological polar surface area (TPSA) is 53.4 Å². The fourth-order valence-corrected chi connectivity index (χ4v) is 1.89. The van der Waals surface area contributed by atoms with Crippen molar-refractivity contribution in [3.63, 3.8) is 0 Å². The Balaban J connectivity index is 2.07. The maximum Gasteiger partial charge on any atom is 0.354 e. The van der Waals surface area contributed by atoms with Gasteiger partial charge in [-0.25, -0.2) is 9.78 Å². The minimum absolute atomic E-state index is 0.131. The van der Waals surface area contributed by atoms with Crippen LogP contribution in [0.15, 0.2) is 18.3 Å². The standard InChI is InChI=1S/C11H14N2O2/c14-11(15)10-7-9(3-4-12-10)8-13-5-1-2-6-13/h3-4,7H,1-2,5-6,8H2,(H,14,15). The highest BCUT2D eigenvalue weighted by Gasteiger charge is 2.12. The summed E-state index contributed by atoms with van der Waals surface area (Å²) in [6.45, 7) is 3.07. The molecule has 1 aromatic heterocycles.